The van der Waals surface area contributed by atoms with Crippen LogP contribution in [0.1, 0.15) is 64.1 Å². The van der Waals surface area contributed by atoms with Crippen LogP contribution in [-0.2, 0) is 24.5 Å². The van der Waals surface area contributed by atoms with E-state index in [-0.39, 0.29) is 25.3 Å². The summed E-state index contributed by atoms with van der Waals surface area (Å²) < 4.78 is 6.42. The largest absolute Gasteiger partial charge is 0.508 e. The number of carbonyl (C=O) groups excluding carboxylic acids is 3. The van der Waals surface area contributed by atoms with Gasteiger partial charge in [0.2, 0.25) is 11.8 Å². The van der Waals surface area contributed by atoms with E-state index in [1.807, 2.05) is 71.6 Å². The maximum atomic E-state index is 15.2. The zero-order valence-electron chi connectivity index (χ0n) is 29.7. The van der Waals surface area contributed by atoms with E-state index in [4.69, 9.17) is 4.74 Å². The lowest BCUT2D eigenvalue weighted by Gasteiger charge is -2.46. The van der Waals surface area contributed by atoms with E-state index in [0.29, 0.717) is 27.9 Å². The fourth-order valence-electron chi connectivity index (χ4n) is 8.65. The molecule has 2 amide bonds. The van der Waals surface area contributed by atoms with Crippen LogP contribution in [-0.4, -0.2) is 57.2 Å². The number of phenolic OH excluding ortho intramolecular Hbond substituents is 1. The van der Waals surface area contributed by atoms with Gasteiger partial charge in [-0.3, -0.25) is 19.3 Å². The lowest BCUT2D eigenvalue weighted by Crippen LogP contribution is -2.55. The zero-order chi connectivity index (χ0) is 38.1. The molecule has 10 nitrogen and oxygen atoms in total. The molecule has 0 unspecified atom stereocenters. The predicted octanol–water partition coefficient (Wildman–Crippen LogP) is 5.25. The van der Waals surface area contributed by atoms with Crippen LogP contribution < -0.4 is 10.6 Å². The van der Waals surface area contributed by atoms with Crippen LogP contribution in [0.3, 0.4) is 0 Å². The third-order valence-electron chi connectivity index (χ3n) is 10.9. The lowest BCUT2D eigenvalue weighted by molar-refractivity contribution is -0.178. The summed E-state index contributed by atoms with van der Waals surface area (Å²) in [5, 5.41) is 37.0. The van der Waals surface area contributed by atoms with Crippen molar-refractivity contribution < 1.29 is 34.4 Å². The number of aromatic hydroxyl groups is 1. The number of aliphatic hydroxyl groups is 2. The monoisotopic (exact) mass is 733 g/mol. The van der Waals surface area contributed by atoms with Gasteiger partial charge in [-0.2, -0.15) is 0 Å². The van der Waals surface area contributed by atoms with Crippen LogP contribution in [0.2, 0.25) is 0 Å². The standard InChI is InChI=1S/C45H39N3O7/c49-25-11-10-12-28-19-24-35-34(26-28)45(44(54)47-35)37(42(52)46-27-36(51)29-13-4-1-5-14-29)39-43(53)55-40(31-17-8-3-9-18-31)38(30-15-6-2-7-16-30)48(39)41(45)32-20-22-33(50)23-21-32/h1-9,13-24,26,36-41,49-51H,11,25,27H2,(H,46,52)(H,47,54)/t36-,37+,38+,39+,40-,41-,45+/m0/s1. The van der Waals surface area contributed by atoms with Crippen molar-refractivity contribution in [2.45, 2.75) is 42.2 Å². The summed E-state index contributed by atoms with van der Waals surface area (Å²) in [7, 11) is 0. The van der Waals surface area contributed by atoms with Gasteiger partial charge in [0.15, 0.2) is 0 Å². The highest BCUT2D eigenvalue weighted by Crippen LogP contribution is 2.64. The Morgan fingerprint density at radius 3 is 2.16 bits per heavy atom. The number of esters is 1. The molecule has 2 saturated heterocycles. The molecule has 8 rings (SSSR count). The van der Waals surface area contributed by atoms with E-state index in [2.05, 4.69) is 22.5 Å². The third-order valence-corrected chi connectivity index (χ3v) is 10.9. The molecule has 55 heavy (non-hydrogen) atoms. The van der Waals surface area contributed by atoms with E-state index < -0.39 is 59.5 Å². The number of aliphatic hydroxyl groups excluding tert-OH is 2. The highest BCUT2D eigenvalue weighted by atomic mass is 16.6. The molecule has 5 aromatic rings. The maximum Gasteiger partial charge on any atom is 0.324 e. The summed E-state index contributed by atoms with van der Waals surface area (Å²) in [5.41, 5.74) is 2.46. The van der Waals surface area contributed by atoms with Gasteiger partial charge < -0.3 is 30.7 Å². The molecule has 0 bridgehead atoms. The van der Waals surface area contributed by atoms with Crippen molar-refractivity contribution in [2.75, 3.05) is 18.5 Å². The first-order valence-corrected chi connectivity index (χ1v) is 18.3. The first-order chi connectivity index (χ1) is 26.8. The average molecular weight is 734 g/mol. The number of benzene rings is 5. The smallest absolute Gasteiger partial charge is 0.324 e. The van der Waals surface area contributed by atoms with Gasteiger partial charge in [-0.15, -0.1) is 0 Å². The Hall–Kier alpha value is -6.25. The van der Waals surface area contributed by atoms with Gasteiger partial charge >= 0.3 is 5.97 Å². The molecule has 7 atom stereocenters. The summed E-state index contributed by atoms with van der Waals surface area (Å²) >= 11 is 0. The Morgan fingerprint density at radius 1 is 0.836 bits per heavy atom. The summed E-state index contributed by atoms with van der Waals surface area (Å²) in [5.74, 6) is 2.88. The molecule has 2 fully saturated rings. The maximum absolute atomic E-state index is 15.2. The molecule has 10 heteroatoms. The van der Waals surface area contributed by atoms with Crippen LogP contribution in [0.4, 0.5) is 5.69 Å². The van der Waals surface area contributed by atoms with Gasteiger partial charge in [0.25, 0.3) is 0 Å². The highest BCUT2D eigenvalue weighted by Gasteiger charge is 2.74. The molecular formula is C45H39N3O7. The number of fused-ring (bicyclic) bond motifs is 3. The van der Waals surface area contributed by atoms with Gasteiger partial charge in [-0.25, -0.2) is 0 Å². The number of cyclic esters (lactones) is 1. The minimum absolute atomic E-state index is 0.00841. The number of nitrogens with one attached hydrogen (secondary N) is 2. The normalized spacial score (nSPS) is 24.5. The number of phenols is 1. The minimum atomic E-state index is -1.74. The molecule has 276 valence electrons. The number of hydrogen-bond donors (Lipinski definition) is 5. The third kappa shape index (κ3) is 6.22. The number of amides is 2. The van der Waals surface area contributed by atoms with E-state index in [9.17, 15) is 20.1 Å². The summed E-state index contributed by atoms with van der Waals surface area (Å²) in [6.07, 6.45) is -1.65. The van der Waals surface area contributed by atoms with Crippen molar-refractivity contribution in [2.24, 2.45) is 5.92 Å². The quantitative estimate of drug-likeness (QED) is 0.107. The van der Waals surface area contributed by atoms with Crippen LogP contribution >= 0.6 is 0 Å². The highest BCUT2D eigenvalue weighted by molar-refractivity contribution is 6.12. The summed E-state index contributed by atoms with van der Waals surface area (Å²) in [6.45, 7) is -0.304. The van der Waals surface area contributed by atoms with Gasteiger partial charge in [0.05, 0.1) is 30.7 Å². The first kappa shape index (κ1) is 35.8. The molecule has 5 aromatic carbocycles. The van der Waals surface area contributed by atoms with Gasteiger partial charge in [0, 0.05) is 24.2 Å². The van der Waals surface area contributed by atoms with Crippen LogP contribution in [0, 0.1) is 17.8 Å². The van der Waals surface area contributed by atoms with Crippen molar-refractivity contribution >= 4 is 23.5 Å². The van der Waals surface area contributed by atoms with E-state index in [0.717, 1.165) is 11.1 Å². The van der Waals surface area contributed by atoms with Gasteiger partial charge in [0.1, 0.15) is 23.3 Å². The summed E-state index contributed by atoms with van der Waals surface area (Å²) in [6, 6.07) is 36.7. The fraction of sp³-hybridized carbons (Fsp3) is 0.222. The van der Waals surface area contributed by atoms with Gasteiger partial charge in [-0.05, 0) is 58.1 Å². The molecule has 3 aliphatic heterocycles. The Labute approximate surface area is 318 Å². The zero-order valence-corrected chi connectivity index (χ0v) is 29.7. The van der Waals surface area contributed by atoms with Crippen molar-refractivity contribution in [1.29, 1.82) is 0 Å². The molecule has 1 spiro atoms. The second-order valence-electron chi connectivity index (χ2n) is 14.0. The number of nitrogens with zero attached hydrogens (tertiary/aromatic N) is 1. The number of rotatable bonds is 8. The molecule has 0 aliphatic carbocycles. The van der Waals surface area contributed by atoms with E-state index >= 15 is 9.59 Å². The fourth-order valence-corrected chi connectivity index (χ4v) is 8.65. The lowest BCUT2D eigenvalue weighted by atomic mass is 9.65. The molecule has 5 N–H and O–H groups in total. The van der Waals surface area contributed by atoms with Crippen molar-refractivity contribution in [3.05, 3.63) is 167 Å². The van der Waals surface area contributed by atoms with Crippen LogP contribution in [0.5, 0.6) is 5.75 Å². The topological polar surface area (TPSA) is 148 Å². The Kier molecular flexibility index (Phi) is 9.67. The Bertz CT molecular complexity index is 2270. The number of carbonyl (C=O) groups is 3. The number of hydrogen-bond acceptors (Lipinski definition) is 8. The van der Waals surface area contributed by atoms with Crippen molar-refractivity contribution in [3.8, 4) is 17.6 Å². The Balaban J connectivity index is 1.38. The molecule has 0 radical (unpaired) electrons. The molecule has 3 aliphatic rings. The van der Waals surface area contributed by atoms with Crippen LogP contribution in [0.15, 0.2) is 133 Å². The summed E-state index contributed by atoms with van der Waals surface area (Å²) in [4.78, 5) is 47.0. The van der Waals surface area contributed by atoms with Gasteiger partial charge in [-0.1, -0.05) is 115 Å². The number of morpholine rings is 1. The first-order valence-electron chi connectivity index (χ1n) is 18.3. The van der Waals surface area contributed by atoms with Crippen LogP contribution in [0.25, 0.3) is 0 Å². The predicted molar refractivity (Wildman–Crippen MR) is 204 cm³/mol. The van der Waals surface area contributed by atoms with E-state index in [1.165, 1.54) is 12.1 Å². The average Bonchev–Trinajstić information content (AvgIpc) is 3.69. The second kappa shape index (κ2) is 14.9. The Morgan fingerprint density at radius 2 is 1.49 bits per heavy atom. The SMILES string of the molecule is O=C1O[C@@H](c2ccccc2)[C@@H](c2ccccc2)N2[C@@H](c3ccc(O)cc3)[C@]3(C(=O)Nc4ccc(C#CCCO)cc43)[C@@H](C(=O)NC[C@H](O)c3ccccc3)[C@H]12. The molecule has 0 saturated carbocycles. The molecular weight excluding hydrogens is 695 g/mol. The molecule has 0 aromatic heterocycles. The minimum Gasteiger partial charge on any atom is -0.508 e. The van der Waals surface area contributed by atoms with Crippen molar-refractivity contribution in [1.82, 2.24) is 10.2 Å². The van der Waals surface area contributed by atoms with Crippen molar-refractivity contribution in [3.63, 3.8) is 0 Å². The molecule has 3 heterocycles. The number of anilines is 1. The second-order valence-corrected chi connectivity index (χ2v) is 14.0. The van der Waals surface area contributed by atoms with E-state index in [1.54, 1.807) is 54.6 Å². The number of ether oxygens (including phenoxy) is 1.